The van der Waals surface area contributed by atoms with Crippen molar-refractivity contribution < 1.29 is 18.7 Å². The van der Waals surface area contributed by atoms with Crippen LogP contribution in [0.3, 0.4) is 0 Å². The summed E-state index contributed by atoms with van der Waals surface area (Å²) in [6.45, 7) is 0. The predicted octanol–water partition coefficient (Wildman–Crippen LogP) is 3.14. The van der Waals surface area contributed by atoms with Crippen LogP contribution >= 0.6 is 11.3 Å². The second-order valence-electron chi connectivity index (χ2n) is 5.01. The van der Waals surface area contributed by atoms with Gasteiger partial charge in [-0.1, -0.05) is 17.4 Å². The summed E-state index contributed by atoms with van der Waals surface area (Å²) >= 11 is 1.25. The van der Waals surface area contributed by atoms with E-state index in [0.29, 0.717) is 27.4 Å². The highest BCUT2D eigenvalue weighted by molar-refractivity contribution is 7.16. The molecule has 2 aromatic carbocycles. The molecule has 0 radical (unpaired) electrons. The average molecular weight is 346 g/mol. The molecule has 124 valence electrons. The Labute approximate surface area is 141 Å². The van der Waals surface area contributed by atoms with E-state index in [-0.39, 0.29) is 5.82 Å². The Balaban J connectivity index is 2.11. The molecule has 0 saturated carbocycles. The van der Waals surface area contributed by atoms with Gasteiger partial charge >= 0.3 is 0 Å². The fourth-order valence-corrected chi connectivity index (χ4v) is 3.42. The van der Waals surface area contributed by atoms with Gasteiger partial charge in [0.1, 0.15) is 17.3 Å². The Hall–Kier alpha value is -2.67. The Morgan fingerprint density at radius 2 is 2.00 bits per heavy atom. The summed E-state index contributed by atoms with van der Waals surface area (Å²) in [6.07, 6.45) is 0. The van der Waals surface area contributed by atoms with E-state index in [1.165, 1.54) is 31.6 Å². The lowest BCUT2D eigenvalue weighted by Gasteiger charge is -2.07. The van der Waals surface area contributed by atoms with E-state index in [4.69, 9.17) is 9.47 Å². The third-order valence-corrected chi connectivity index (χ3v) is 4.71. The first-order valence-corrected chi connectivity index (χ1v) is 7.92. The number of carbonyl (C=O) groups is 1. The van der Waals surface area contributed by atoms with E-state index in [1.54, 1.807) is 41.9 Å². The van der Waals surface area contributed by atoms with E-state index in [0.717, 1.165) is 4.70 Å². The lowest BCUT2D eigenvalue weighted by atomic mass is 10.2. The lowest BCUT2D eigenvalue weighted by Crippen LogP contribution is -2.14. The van der Waals surface area contributed by atoms with Crippen LogP contribution < -0.4 is 14.3 Å². The number of aryl methyl sites for hydroxylation is 1. The summed E-state index contributed by atoms with van der Waals surface area (Å²) in [5, 5.41) is 0. The van der Waals surface area contributed by atoms with Crippen LogP contribution in [0.25, 0.3) is 10.2 Å². The highest BCUT2D eigenvalue weighted by Gasteiger charge is 2.14. The number of carbonyl (C=O) groups excluding carboxylic acids is 1. The summed E-state index contributed by atoms with van der Waals surface area (Å²) in [6, 6.07) is 9.68. The number of hydrogen-bond acceptors (Lipinski definition) is 4. The van der Waals surface area contributed by atoms with E-state index in [2.05, 4.69) is 4.99 Å². The SMILES string of the molecule is COc1ccc(C(=O)N=c2sc3cccc(F)c3n2C)c(OC)c1. The normalized spacial score (nSPS) is 11.8. The number of aromatic nitrogens is 1. The number of thiazole rings is 1. The molecule has 0 bridgehead atoms. The van der Waals surface area contributed by atoms with E-state index < -0.39 is 5.91 Å². The maximum absolute atomic E-state index is 13.9. The van der Waals surface area contributed by atoms with Crippen molar-refractivity contribution in [1.82, 2.24) is 4.57 Å². The second kappa shape index (κ2) is 6.45. The largest absolute Gasteiger partial charge is 0.497 e. The van der Waals surface area contributed by atoms with Crippen LogP contribution in [0.4, 0.5) is 4.39 Å². The quantitative estimate of drug-likeness (QED) is 0.732. The molecule has 24 heavy (non-hydrogen) atoms. The molecule has 7 heteroatoms. The van der Waals surface area contributed by atoms with Gasteiger partial charge in [-0.05, 0) is 24.3 Å². The molecule has 0 aliphatic carbocycles. The number of halogens is 1. The van der Waals surface area contributed by atoms with Gasteiger partial charge in [0.05, 0.1) is 30.0 Å². The Morgan fingerprint density at radius 3 is 2.67 bits per heavy atom. The molecule has 5 nitrogen and oxygen atoms in total. The van der Waals surface area contributed by atoms with Gasteiger partial charge < -0.3 is 14.0 Å². The molecule has 3 aromatic rings. The molecule has 0 N–H and O–H groups in total. The summed E-state index contributed by atoms with van der Waals surface area (Å²) in [5.41, 5.74) is 0.743. The van der Waals surface area contributed by atoms with Gasteiger partial charge in [-0.3, -0.25) is 4.79 Å². The number of para-hydroxylation sites is 1. The van der Waals surface area contributed by atoms with Crippen molar-refractivity contribution >= 4 is 27.5 Å². The minimum absolute atomic E-state index is 0.316. The number of nitrogens with zero attached hydrogens (tertiary/aromatic N) is 2. The van der Waals surface area contributed by atoms with E-state index in [1.807, 2.05) is 0 Å². The van der Waals surface area contributed by atoms with Crippen LogP contribution in [0.1, 0.15) is 10.4 Å². The number of rotatable bonds is 3. The van der Waals surface area contributed by atoms with Crippen LogP contribution in [0, 0.1) is 5.82 Å². The topological polar surface area (TPSA) is 52.8 Å². The number of ether oxygens (including phenoxy) is 2. The monoisotopic (exact) mass is 346 g/mol. The molecule has 0 saturated heterocycles. The van der Waals surface area contributed by atoms with Gasteiger partial charge in [0.15, 0.2) is 4.80 Å². The van der Waals surface area contributed by atoms with Crippen molar-refractivity contribution in [1.29, 1.82) is 0 Å². The van der Waals surface area contributed by atoms with E-state index >= 15 is 0 Å². The van der Waals surface area contributed by atoms with Gasteiger partial charge in [-0.2, -0.15) is 4.99 Å². The van der Waals surface area contributed by atoms with Gasteiger partial charge in [-0.15, -0.1) is 0 Å². The average Bonchev–Trinajstić information content (AvgIpc) is 2.91. The summed E-state index contributed by atoms with van der Waals surface area (Å²) in [4.78, 5) is 17.1. The smallest absolute Gasteiger partial charge is 0.283 e. The second-order valence-corrected chi connectivity index (χ2v) is 6.02. The Morgan fingerprint density at radius 1 is 1.21 bits per heavy atom. The number of amides is 1. The highest BCUT2D eigenvalue weighted by atomic mass is 32.1. The number of methoxy groups -OCH3 is 2. The Kier molecular flexibility index (Phi) is 4.35. The van der Waals surface area contributed by atoms with Gasteiger partial charge in [0.25, 0.3) is 5.91 Å². The van der Waals surface area contributed by atoms with Crippen molar-refractivity contribution in [2.45, 2.75) is 0 Å². The maximum atomic E-state index is 13.9. The summed E-state index contributed by atoms with van der Waals surface area (Å²) < 4.78 is 26.6. The maximum Gasteiger partial charge on any atom is 0.283 e. The number of fused-ring (bicyclic) bond motifs is 1. The molecule has 0 spiro atoms. The molecule has 0 unspecified atom stereocenters. The molecule has 0 atom stereocenters. The minimum atomic E-state index is -0.461. The van der Waals surface area contributed by atoms with Gasteiger partial charge in [0, 0.05) is 13.1 Å². The highest BCUT2D eigenvalue weighted by Crippen LogP contribution is 2.25. The first-order chi connectivity index (χ1) is 11.5. The molecule has 1 amide bonds. The number of hydrogen-bond donors (Lipinski definition) is 0. The molecular weight excluding hydrogens is 331 g/mol. The Bertz CT molecular complexity index is 991. The first-order valence-electron chi connectivity index (χ1n) is 7.10. The first kappa shape index (κ1) is 16.2. The van der Waals surface area contributed by atoms with Crippen LogP contribution in [0.15, 0.2) is 41.4 Å². The van der Waals surface area contributed by atoms with Gasteiger partial charge in [-0.25, -0.2) is 4.39 Å². The molecule has 0 aliphatic heterocycles. The zero-order chi connectivity index (χ0) is 17.3. The molecule has 1 aromatic heterocycles. The molecule has 3 rings (SSSR count). The third kappa shape index (κ3) is 2.78. The van der Waals surface area contributed by atoms with Gasteiger partial charge in [0.2, 0.25) is 0 Å². The zero-order valence-electron chi connectivity index (χ0n) is 13.4. The van der Waals surface area contributed by atoms with E-state index in [9.17, 15) is 9.18 Å². The van der Waals surface area contributed by atoms with Crippen molar-refractivity contribution in [2.24, 2.45) is 12.0 Å². The zero-order valence-corrected chi connectivity index (χ0v) is 14.2. The molecule has 0 aliphatic rings. The summed E-state index contributed by atoms with van der Waals surface area (Å²) in [7, 11) is 4.69. The molecule has 1 heterocycles. The minimum Gasteiger partial charge on any atom is -0.497 e. The van der Waals surface area contributed by atoms with Crippen LogP contribution in [-0.2, 0) is 7.05 Å². The van der Waals surface area contributed by atoms with Crippen molar-refractivity contribution in [3.8, 4) is 11.5 Å². The van der Waals surface area contributed by atoms with Crippen LogP contribution in [0.2, 0.25) is 0 Å². The number of benzene rings is 2. The molecule has 0 fully saturated rings. The van der Waals surface area contributed by atoms with Crippen molar-refractivity contribution in [2.75, 3.05) is 14.2 Å². The fourth-order valence-electron chi connectivity index (χ4n) is 2.39. The van der Waals surface area contributed by atoms with Crippen molar-refractivity contribution in [3.63, 3.8) is 0 Å². The van der Waals surface area contributed by atoms with Crippen LogP contribution in [-0.4, -0.2) is 24.7 Å². The summed E-state index contributed by atoms with van der Waals surface area (Å²) in [5.74, 6) is 0.148. The lowest BCUT2D eigenvalue weighted by molar-refractivity contribution is 0.0995. The fraction of sp³-hybridized carbons (Fsp3) is 0.176. The standard InChI is InChI=1S/C17H15FN2O3S/c1-20-15-12(18)5-4-6-14(15)24-17(20)19-16(21)11-8-7-10(22-2)9-13(11)23-3/h4-9H,1-3H3. The molecular formula is C17H15FN2O3S. The third-order valence-electron chi connectivity index (χ3n) is 3.61. The predicted molar refractivity (Wildman–Crippen MR) is 90.2 cm³/mol. The van der Waals surface area contributed by atoms with Crippen molar-refractivity contribution in [3.05, 3.63) is 52.6 Å². The van der Waals surface area contributed by atoms with Crippen LogP contribution in [0.5, 0.6) is 11.5 Å².